The Morgan fingerprint density at radius 1 is 0.286 bits per heavy atom. The average Bonchev–Trinajstić information content (AvgIpc) is 3.53. The summed E-state index contributed by atoms with van der Waals surface area (Å²) in [4.78, 5) is 10.5. The van der Waals surface area contributed by atoms with E-state index in [1.807, 2.05) is 12.1 Å². The average molecular weight is 626 g/mol. The molecule has 0 saturated heterocycles. The van der Waals surface area contributed by atoms with E-state index in [9.17, 15) is 0 Å². The zero-order valence-corrected chi connectivity index (χ0v) is 26.7. The number of rotatable bonds is 6. The first-order valence-electron chi connectivity index (χ1n) is 16.6. The quantitative estimate of drug-likeness (QED) is 0.184. The van der Waals surface area contributed by atoms with Crippen LogP contribution in [0.1, 0.15) is 0 Å². The van der Waals surface area contributed by atoms with Gasteiger partial charge in [-0.2, -0.15) is 0 Å². The Labute approximate surface area is 285 Å². The summed E-state index contributed by atoms with van der Waals surface area (Å²) in [5.41, 5.74) is 12.9. The number of para-hydroxylation sites is 1. The molecule has 3 heterocycles. The minimum atomic E-state index is 0.884. The number of hydrogen-bond donors (Lipinski definition) is 0. The van der Waals surface area contributed by atoms with Crippen LogP contribution < -0.4 is 0 Å². The molecule has 49 heavy (non-hydrogen) atoms. The fourth-order valence-corrected chi connectivity index (χ4v) is 6.80. The third kappa shape index (κ3) is 5.38. The van der Waals surface area contributed by atoms with Crippen LogP contribution in [0.4, 0.5) is 0 Å². The molecule has 3 nitrogen and oxygen atoms in total. The first kappa shape index (κ1) is 28.6. The molecule has 0 saturated carbocycles. The molecule has 3 aromatic heterocycles. The molecule has 0 fully saturated rings. The van der Waals surface area contributed by atoms with Crippen LogP contribution in [-0.2, 0) is 0 Å². The highest BCUT2D eigenvalue weighted by Crippen LogP contribution is 2.37. The Morgan fingerprint density at radius 2 is 0.735 bits per heavy atom. The minimum absolute atomic E-state index is 0.884. The van der Waals surface area contributed by atoms with E-state index in [4.69, 9.17) is 9.97 Å². The zero-order valence-electron chi connectivity index (χ0n) is 26.7. The van der Waals surface area contributed by atoms with Crippen molar-refractivity contribution < 1.29 is 0 Å². The fraction of sp³-hybridized carbons (Fsp3) is 0. The fourth-order valence-electron chi connectivity index (χ4n) is 6.80. The first-order valence-corrected chi connectivity index (χ1v) is 16.6. The molecule has 230 valence electrons. The van der Waals surface area contributed by atoms with Gasteiger partial charge in [0.15, 0.2) is 0 Å². The van der Waals surface area contributed by atoms with Gasteiger partial charge in [-0.15, -0.1) is 0 Å². The molecule has 9 aromatic rings. The number of nitrogens with zero attached hydrogens (tertiary/aromatic N) is 3. The van der Waals surface area contributed by atoms with Gasteiger partial charge >= 0.3 is 0 Å². The van der Waals surface area contributed by atoms with Crippen LogP contribution in [-0.4, -0.2) is 14.5 Å². The van der Waals surface area contributed by atoms with E-state index in [1.54, 1.807) is 0 Å². The van der Waals surface area contributed by atoms with Gasteiger partial charge < -0.3 is 0 Å². The predicted molar refractivity (Wildman–Crippen MR) is 204 cm³/mol. The van der Waals surface area contributed by atoms with Crippen molar-refractivity contribution in [3.63, 3.8) is 0 Å². The van der Waals surface area contributed by atoms with Crippen molar-refractivity contribution in [3.8, 4) is 61.8 Å². The van der Waals surface area contributed by atoms with Gasteiger partial charge in [0.05, 0.1) is 28.1 Å². The molecule has 0 bridgehead atoms. The molecular formula is C46H31N3. The van der Waals surface area contributed by atoms with Crippen LogP contribution in [0, 0.1) is 0 Å². The van der Waals surface area contributed by atoms with Crippen molar-refractivity contribution in [2.45, 2.75) is 0 Å². The summed E-state index contributed by atoms with van der Waals surface area (Å²) in [6, 6.07) is 66.1. The SMILES string of the molecule is c1ccc(-c2cc(-c3ccccc3)nc(-c3ccc4c(c3)c3ccccc3n4-c3cc(-c4ccccc4)cc(-c4ccccc4)n3)c2)cc1. The van der Waals surface area contributed by atoms with Gasteiger partial charge in [-0.1, -0.05) is 146 Å². The van der Waals surface area contributed by atoms with Gasteiger partial charge in [0.25, 0.3) is 0 Å². The third-order valence-corrected chi connectivity index (χ3v) is 9.19. The van der Waals surface area contributed by atoms with Crippen LogP contribution >= 0.6 is 0 Å². The summed E-state index contributed by atoms with van der Waals surface area (Å²) in [5, 5.41) is 2.34. The van der Waals surface area contributed by atoms with E-state index in [0.717, 1.165) is 72.7 Å². The standard InChI is InChI=1S/C46H31N3/c1-5-15-32(16-6-1)37-28-41(34-19-9-3-10-20-34)47-43(29-37)36-25-26-45-40(27-36)39-23-13-14-24-44(39)49(45)46-31-38(33-17-7-2-8-18-33)30-42(48-46)35-21-11-4-12-22-35/h1-31H. The maximum absolute atomic E-state index is 5.29. The van der Waals surface area contributed by atoms with Gasteiger partial charge in [-0.3, -0.25) is 4.57 Å². The van der Waals surface area contributed by atoms with Crippen molar-refractivity contribution in [2.24, 2.45) is 0 Å². The van der Waals surface area contributed by atoms with E-state index in [2.05, 4.69) is 180 Å². The summed E-state index contributed by atoms with van der Waals surface area (Å²) in [6.45, 7) is 0. The topological polar surface area (TPSA) is 30.7 Å². The van der Waals surface area contributed by atoms with Crippen molar-refractivity contribution in [3.05, 3.63) is 188 Å². The molecule has 0 radical (unpaired) electrons. The van der Waals surface area contributed by atoms with Gasteiger partial charge in [0, 0.05) is 27.5 Å². The lowest BCUT2D eigenvalue weighted by molar-refractivity contribution is 1.08. The summed E-state index contributed by atoms with van der Waals surface area (Å²) < 4.78 is 2.30. The molecular weight excluding hydrogens is 595 g/mol. The van der Waals surface area contributed by atoms with Crippen LogP contribution in [0.5, 0.6) is 0 Å². The molecule has 0 amide bonds. The molecule has 3 heteroatoms. The van der Waals surface area contributed by atoms with E-state index in [-0.39, 0.29) is 0 Å². The summed E-state index contributed by atoms with van der Waals surface area (Å²) >= 11 is 0. The van der Waals surface area contributed by atoms with Crippen molar-refractivity contribution in [1.82, 2.24) is 14.5 Å². The molecule has 0 unspecified atom stereocenters. The van der Waals surface area contributed by atoms with E-state index in [1.165, 1.54) is 10.9 Å². The molecule has 0 atom stereocenters. The van der Waals surface area contributed by atoms with E-state index < -0.39 is 0 Å². The maximum Gasteiger partial charge on any atom is 0.138 e. The predicted octanol–water partition coefficient (Wildman–Crippen LogP) is 11.9. The highest BCUT2D eigenvalue weighted by molar-refractivity contribution is 6.10. The smallest absolute Gasteiger partial charge is 0.138 e. The molecule has 9 rings (SSSR count). The number of hydrogen-bond acceptors (Lipinski definition) is 2. The Kier molecular flexibility index (Phi) is 7.14. The van der Waals surface area contributed by atoms with E-state index in [0.29, 0.717) is 0 Å². The van der Waals surface area contributed by atoms with Crippen LogP contribution in [0.25, 0.3) is 83.6 Å². The van der Waals surface area contributed by atoms with Gasteiger partial charge in [-0.05, 0) is 64.7 Å². The Bertz CT molecular complexity index is 2460. The normalized spacial score (nSPS) is 11.3. The summed E-state index contributed by atoms with van der Waals surface area (Å²) in [5.74, 6) is 0.884. The minimum Gasteiger partial charge on any atom is -0.294 e. The number of pyridine rings is 2. The monoisotopic (exact) mass is 625 g/mol. The Balaban J connectivity index is 1.26. The number of fused-ring (bicyclic) bond motifs is 3. The van der Waals surface area contributed by atoms with Crippen molar-refractivity contribution in [1.29, 1.82) is 0 Å². The van der Waals surface area contributed by atoms with Crippen LogP contribution in [0.2, 0.25) is 0 Å². The molecule has 0 aliphatic heterocycles. The zero-order chi connectivity index (χ0) is 32.6. The maximum atomic E-state index is 5.29. The highest BCUT2D eigenvalue weighted by atomic mass is 15.1. The largest absolute Gasteiger partial charge is 0.294 e. The second kappa shape index (κ2) is 12.2. The molecule has 0 aliphatic carbocycles. The lowest BCUT2D eigenvalue weighted by Gasteiger charge is -2.13. The van der Waals surface area contributed by atoms with Gasteiger partial charge in [0.2, 0.25) is 0 Å². The second-order valence-electron chi connectivity index (χ2n) is 12.3. The summed E-state index contributed by atoms with van der Waals surface area (Å²) in [7, 11) is 0. The Morgan fingerprint density at radius 3 is 1.33 bits per heavy atom. The highest BCUT2D eigenvalue weighted by Gasteiger charge is 2.17. The van der Waals surface area contributed by atoms with Crippen LogP contribution in [0.3, 0.4) is 0 Å². The van der Waals surface area contributed by atoms with Gasteiger partial charge in [0.1, 0.15) is 5.82 Å². The summed E-state index contributed by atoms with van der Waals surface area (Å²) in [6.07, 6.45) is 0. The molecule has 0 spiro atoms. The number of benzene rings is 6. The third-order valence-electron chi connectivity index (χ3n) is 9.19. The number of aromatic nitrogens is 3. The lowest BCUT2D eigenvalue weighted by atomic mass is 9.99. The first-order chi connectivity index (χ1) is 24.3. The van der Waals surface area contributed by atoms with Crippen molar-refractivity contribution >= 4 is 21.8 Å². The molecule has 0 aliphatic rings. The lowest BCUT2D eigenvalue weighted by Crippen LogP contribution is -2.00. The van der Waals surface area contributed by atoms with Gasteiger partial charge in [-0.25, -0.2) is 9.97 Å². The van der Waals surface area contributed by atoms with Crippen molar-refractivity contribution in [2.75, 3.05) is 0 Å². The van der Waals surface area contributed by atoms with E-state index >= 15 is 0 Å². The molecule has 6 aromatic carbocycles. The van der Waals surface area contributed by atoms with Crippen LogP contribution in [0.15, 0.2) is 188 Å². The molecule has 0 N–H and O–H groups in total. The second-order valence-corrected chi connectivity index (χ2v) is 12.3. The Hall–Kier alpha value is -6.58.